The molecular weight excluding hydrogens is 398 g/mol. The summed E-state index contributed by atoms with van der Waals surface area (Å²) in [5.41, 5.74) is 2.55. The smallest absolute Gasteiger partial charge is 0.338 e. The molecular formula is C23H23N3O5. The Kier molecular flexibility index (Phi) is 7.26. The van der Waals surface area contributed by atoms with Gasteiger partial charge >= 0.3 is 5.97 Å². The quantitative estimate of drug-likeness (QED) is 0.321. The molecule has 0 radical (unpaired) electrons. The Labute approximate surface area is 179 Å². The van der Waals surface area contributed by atoms with Crippen molar-refractivity contribution in [3.63, 3.8) is 0 Å². The number of ether oxygens (including phenoxy) is 1. The van der Waals surface area contributed by atoms with Crippen LogP contribution in [0.25, 0.3) is 11.5 Å². The number of esters is 1. The summed E-state index contributed by atoms with van der Waals surface area (Å²) in [5.74, 6) is -0.0261. The molecule has 160 valence electrons. The summed E-state index contributed by atoms with van der Waals surface area (Å²) >= 11 is 0. The number of amides is 1. The summed E-state index contributed by atoms with van der Waals surface area (Å²) in [6.45, 7) is 3.48. The van der Waals surface area contributed by atoms with Crippen LogP contribution >= 0.6 is 0 Å². The van der Waals surface area contributed by atoms with Crippen molar-refractivity contribution in [2.24, 2.45) is 0 Å². The number of rotatable bonds is 9. The van der Waals surface area contributed by atoms with E-state index < -0.39 is 5.97 Å². The average Bonchev–Trinajstić information content (AvgIpc) is 3.21. The first kappa shape index (κ1) is 21.9. The fourth-order valence-corrected chi connectivity index (χ4v) is 2.88. The maximum atomic E-state index is 12.3. The highest BCUT2D eigenvalue weighted by Gasteiger charge is 2.13. The van der Waals surface area contributed by atoms with E-state index >= 15 is 0 Å². The van der Waals surface area contributed by atoms with Crippen molar-refractivity contribution in [2.45, 2.75) is 26.7 Å². The van der Waals surface area contributed by atoms with E-state index in [9.17, 15) is 14.4 Å². The van der Waals surface area contributed by atoms with Crippen molar-refractivity contribution in [2.75, 3.05) is 13.2 Å². The number of aryl methyl sites for hydroxylation is 2. The molecule has 31 heavy (non-hydrogen) atoms. The zero-order valence-electron chi connectivity index (χ0n) is 17.4. The van der Waals surface area contributed by atoms with Gasteiger partial charge in [0.1, 0.15) is 0 Å². The van der Waals surface area contributed by atoms with E-state index in [1.54, 1.807) is 43.3 Å². The summed E-state index contributed by atoms with van der Waals surface area (Å²) < 4.78 is 10.2. The molecule has 1 N–H and O–H groups in total. The Morgan fingerprint density at radius 2 is 1.68 bits per heavy atom. The van der Waals surface area contributed by atoms with Crippen LogP contribution in [0.5, 0.6) is 0 Å². The van der Waals surface area contributed by atoms with E-state index in [0.29, 0.717) is 35.0 Å². The Morgan fingerprint density at radius 1 is 1.00 bits per heavy atom. The van der Waals surface area contributed by atoms with Gasteiger partial charge in [-0.2, -0.15) is 4.98 Å². The van der Waals surface area contributed by atoms with E-state index in [1.807, 2.05) is 12.1 Å². The van der Waals surface area contributed by atoms with Crippen LogP contribution in [0.4, 0.5) is 0 Å². The fourth-order valence-electron chi connectivity index (χ4n) is 2.88. The number of nitrogens with one attached hydrogen (secondary N) is 1. The van der Waals surface area contributed by atoms with E-state index in [4.69, 9.17) is 9.26 Å². The van der Waals surface area contributed by atoms with Gasteiger partial charge in [0.25, 0.3) is 5.89 Å². The van der Waals surface area contributed by atoms with Crippen LogP contribution in [0.2, 0.25) is 0 Å². The minimum atomic E-state index is -0.587. The van der Waals surface area contributed by atoms with E-state index in [-0.39, 0.29) is 18.3 Å². The molecule has 0 aliphatic heterocycles. The largest absolute Gasteiger partial charge is 0.454 e. The molecule has 0 fully saturated rings. The number of carbonyl (C=O) groups is 3. The molecule has 0 saturated carbocycles. The molecule has 1 amide bonds. The van der Waals surface area contributed by atoms with Gasteiger partial charge in [-0.05, 0) is 49.6 Å². The average molecular weight is 421 g/mol. The van der Waals surface area contributed by atoms with Crippen LogP contribution in [-0.2, 0) is 16.0 Å². The summed E-state index contributed by atoms with van der Waals surface area (Å²) in [4.78, 5) is 39.5. The zero-order valence-corrected chi connectivity index (χ0v) is 17.4. The highest BCUT2D eigenvalue weighted by Crippen LogP contribution is 2.18. The van der Waals surface area contributed by atoms with Crippen LogP contribution in [0.1, 0.15) is 45.4 Å². The van der Waals surface area contributed by atoms with Gasteiger partial charge in [-0.3, -0.25) is 9.59 Å². The molecule has 0 atom stereocenters. The molecule has 0 bridgehead atoms. The van der Waals surface area contributed by atoms with Gasteiger partial charge in [0.2, 0.25) is 5.91 Å². The highest BCUT2D eigenvalue weighted by atomic mass is 16.5. The molecule has 0 unspecified atom stereocenters. The zero-order chi connectivity index (χ0) is 22.2. The van der Waals surface area contributed by atoms with Gasteiger partial charge < -0.3 is 14.6 Å². The first-order valence-corrected chi connectivity index (χ1v) is 9.87. The summed E-state index contributed by atoms with van der Waals surface area (Å²) in [7, 11) is 0. The van der Waals surface area contributed by atoms with Gasteiger partial charge in [-0.25, -0.2) is 4.79 Å². The summed E-state index contributed by atoms with van der Waals surface area (Å²) in [5, 5.41) is 6.47. The lowest BCUT2D eigenvalue weighted by Crippen LogP contribution is -2.21. The Bertz CT molecular complexity index is 1060. The first-order valence-electron chi connectivity index (χ1n) is 9.87. The minimum Gasteiger partial charge on any atom is -0.454 e. The monoisotopic (exact) mass is 421 g/mol. The van der Waals surface area contributed by atoms with Crippen molar-refractivity contribution in [1.29, 1.82) is 0 Å². The SMILES string of the molecule is CC(=O)NCCCc1ccc(C(=O)COC(=O)c2ccc(-c3nc(C)no3)cc2)cc1. The lowest BCUT2D eigenvalue weighted by molar-refractivity contribution is -0.118. The first-order chi connectivity index (χ1) is 14.9. The number of hydrogen-bond acceptors (Lipinski definition) is 7. The standard InChI is InChI=1S/C23H23N3O5/c1-15-25-22(31-26-15)19-9-11-20(12-10-19)23(29)30-14-21(28)18-7-5-17(6-8-18)4-3-13-24-16(2)27/h5-12H,3-4,13-14H2,1-2H3,(H,24,27). The molecule has 0 saturated heterocycles. The van der Waals surface area contributed by atoms with E-state index in [0.717, 1.165) is 18.4 Å². The van der Waals surface area contributed by atoms with Crippen LogP contribution in [0.3, 0.4) is 0 Å². The number of hydrogen-bond donors (Lipinski definition) is 1. The second-order valence-corrected chi connectivity index (χ2v) is 7.01. The van der Waals surface area contributed by atoms with Crippen molar-refractivity contribution >= 4 is 17.7 Å². The number of nitrogens with zero attached hydrogens (tertiary/aromatic N) is 2. The molecule has 1 heterocycles. The third-order valence-corrected chi connectivity index (χ3v) is 4.52. The van der Waals surface area contributed by atoms with Crippen molar-refractivity contribution in [1.82, 2.24) is 15.5 Å². The number of carbonyl (C=O) groups excluding carboxylic acids is 3. The van der Waals surface area contributed by atoms with Gasteiger partial charge in [0.05, 0.1) is 5.56 Å². The molecule has 0 aliphatic carbocycles. The Balaban J connectivity index is 1.48. The van der Waals surface area contributed by atoms with Gasteiger partial charge in [-0.15, -0.1) is 0 Å². The number of ketones is 1. The molecule has 8 heteroatoms. The number of benzene rings is 2. The molecule has 3 aromatic rings. The molecule has 8 nitrogen and oxygen atoms in total. The summed E-state index contributed by atoms with van der Waals surface area (Å²) in [6.07, 6.45) is 1.61. The second-order valence-electron chi connectivity index (χ2n) is 7.01. The predicted molar refractivity (Wildman–Crippen MR) is 113 cm³/mol. The predicted octanol–water partition coefficient (Wildman–Crippen LogP) is 3.15. The lowest BCUT2D eigenvalue weighted by Gasteiger charge is -2.06. The van der Waals surface area contributed by atoms with E-state index in [1.165, 1.54) is 6.92 Å². The number of aromatic nitrogens is 2. The molecule has 0 aliphatic rings. The van der Waals surface area contributed by atoms with E-state index in [2.05, 4.69) is 15.5 Å². The second kappa shape index (κ2) is 10.3. The third kappa shape index (κ3) is 6.33. The molecule has 3 rings (SSSR count). The van der Waals surface area contributed by atoms with Gasteiger partial charge in [-0.1, -0.05) is 29.4 Å². The summed E-state index contributed by atoms with van der Waals surface area (Å²) in [6, 6.07) is 13.7. The maximum absolute atomic E-state index is 12.3. The number of Topliss-reactive ketones (excluding diaryl/α,β-unsaturated/α-hetero) is 1. The molecule has 0 spiro atoms. The lowest BCUT2D eigenvalue weighted by atomic mass is 10.1. The molecule has 1 aromatic heterocycles. The maximum Gasteiger partial charge on any atom is 0.338 e. The van der Waals surface area contributed by atoms with Crippen molar-refractivity contribution in [3.8, 4) is 11.5 Å². The van der Waals surface area contributed by atoms with Crippen molar-refractivity contribution < 1.29 is 23.6 Å². The van der Waals surface area contributed by atoms with Crippen LogP contribution < -0.4 is 5.32 Å². The van der Waals surface area contributed by atoms with Crippen molar-refractivity contribution in [3.05, 3.63) is 71.0 Å². The topological polar surface area (TPSA) is 111 Å². The fraction of sp³-hybridized carbons (Fsp3) is 0.261. The van der Waals surface area contributed by atoms with Crippen LogP contribution in [0, 0.1) is 6.92 Å². The highest BCUT2D eigenvalue weighted by molar-refractivity contribution is 5.99. The third-order valence-electron chi connectivity index (χ3n) is 4.52. The van der Waals surface area contributed by atoms with Gasteiger partial charge in [0.15, 0.2) is 18.2 Å². The minimum absolute atomic E-state index is 0.0478. The molecule has 2 aromatic carbocycles. The Morgan fingerprint density at radius 3 is 2.29 bits per heavy atom. The van der Waals surface area contributed by atoms with Gasteiger partial charge in [0, 0.05) is 24.6 Å². The normalized spacial score (nSPS) is 10.5. The van der Waals surface area contributed by atoms with Crippen LogP contribution in [-0.4, -0.2) is 41.0 Å². The van der Waals surface area contributed by atoms with Crippen LogP contribution in [0.15, 0.2) is 53.1 Å². The Hall–Kier alpha value is -3.81.